The molecule has 3 aromatic rings. The van der Waals surface area contributed by atoms with Crippen molar-refractivity contribution in [2.75, 3.05) is 31.5 Å². The zero-order chi connectivity index (χ0) is 25.8. The number of piperidine rings is 2. The molecule has 1 unspecified atom stereocenters. The second-order valence-corrected chi connectivity index (χ2v) is 11.9. The van der Waals surface area contributed by atoms with Gasteiger partial charge in [0.25, 0.3) is 0 Å². The largest absolute Gasteiger partial charge is 0.338 e. The first-order valence-electron chi connectivity index (χ1n) is 12.6. The van der Waals surface area contributed by atoms with Crippen molar-refractivity contribution in [2.24, 2.45) is 5.92 Å². The number of amides is 1. The van der Waals surface area contributed by atoms with Crippen molar-refractivity contribution < 1.29 is 17.7 Å². The van der Waals surface area contributed by atoms with Crippen molar-refractivity contribution in [3.05, 3.63) is 59.4 Å². The molecule has 0 spiro atoms. The lowest BCUT2D eigenvalue weighted by molar-refractivity contribution is -0.121. The lowest BCUT2D eigenvalue weighted by atomic mass is 9.97. The molecule has 2 aliphatic heterocycles. The molecule has 0 aliphatic carbocycles. The average Bonchev–Trinajstić information content (AvgIpc) is 3.38. The number of nitrogens with one attached hydrogen (secondary N) is 1. The molecule has 5 rings (SSSR count). The molecule has 1 amide bonds. The molecule has 0 bridgehead atoms. The fourth-order valence-electron chi connectivity index (χ4n) is 4.88. The van der Waals surface area contributed by atoms with Crippen molar-refractivity contribution >= 4 is 33.2 Å². The van der Waals surface area contributed by atoms with E-state index in [1.807, 2.05) is 12.1 Å². The van der Waals surface area contributed by atoms with Crippen molar-refractivity contribution in [3.8, 4) is 11.4 Å². The standard InChI is InChI=1S/C26H30ClN5O4S/c27-21-8-4-6-19(16-21)25-29-24(36-30-25)18-31-13-5-7-20(17-31)26(33)28-22-9-11-23(12-10-22)37(34,35)32-14-2-1-3-15-32/h4,6,8-12,16,20H,1-3,5,7,13-15,17-18H2,(H,28,33). The monoisotopic (exact) mass is 543 g/mol. The Kier molecular flexibility index (Phi) is 7.89. The molecule has 0 saturated carbocycles. The maximum Gasteiger partial charge on any atom is 0.243 e. The Morgan fingerprint density at radius 2 is 1.84 bits per heavy atom. The van der Waals surface area contributed by atoms with E-state index in [1.54, 1.807) is 40.7 Å². The number of carbonyl (C=O) groups excluding carboxylic acids is 1. The van der Waals surface area contributed by atoms with Crippen molar-refractivity contribution in [3.63, 3.8) is 0 Å². The fraction of sp³-hybridized carbons (Fsp3) is 0.423. The molecule has 3 heterocycles. The first-order chi connectivity index (χ1) is 17.9. The number of rotatable bonds is 7. The number of benzene rings is 2. The van der Waals surface area contributed by atoms with E-state index in [0.717, 1.165) is 44.2 Å². The maximum absolute atomic E-state index is 13.0. The summed E-state index contributed by atoms with van der Waals surface area (Å²) in [6.45, 7) is 2.99. The van der Waals surface area contributed by atoms with Crippen molar-refractivity contribution in [1.82, 2.24) is 19.3 Å². The van der Waals surface area contributed by atoms with Gasteiger partial charge in [0.2, 0.25) is 27.6 Å². The minimum absolute atomic E-state index is 0.0820. The zero-order valence-electron chi connectivity index (χ0n) is 20.5. The molecule has 9 nitrogen and oxygen atoms in total. The summed E-state index contributed by atoms with van der Waals surface area (Å²) in [6, 6.07) is 13.7. The second-order valence-electron chi connectivity index (χ2n) is 9.57. The van der Waals surface area contributed by atoms with Crippen LogP contribution in [0.15, 0.2) is 57.9 Å². The number of aromatic nitrogens is 2. The van der Waals surface area contributed by atoms with Gasteiger partial charge in [0.05, 0.1) is 17.4 Å². The lowest BCUT2D eigenvalue weighted by Gasteiger charge is -2.30. The van der Waals surface area contributed by atoms with Crippen LogP contribution in [0.25, 0.3) is 11.4 Å². The highest BCUT2D eigenvalue weighted by Gasteiger charge is 2.28. The molecule has 1 atom stereocenters. The summed E-state index contributed by atoms with van der Waals surface area (Å²) in [5.74, 6) is 0.693. The highest BCUT2D eigenvalue weighted by molar-refractivity contribution is 7.89. The molecule has 2 aliphatic rings. The van der Waals surface area contributed by atoms with Crippen LogP contribution in [0.2, 0.25) is 5.02 Å². The number of halogens is 1. The van der Waals surface area contributed by atoms with Gasteiger partial charge < -0.3 is 9.84 Å². The normalized spacial score (nSPS) is 19.5. The Labute approximate surface area is 221 Å². The van der Waals surface area contributed by atoms with Crippen LogP contribution in [-0.2, 0) is 21.4 Å². The third-order valence-electron chi connectivity index (χ3n) is 6.86. The van der Waals surface area contributed by atoms with Gasteiger partial charge >= 0.3 is 0 Å². The Balaban J connectivity index is 1.17. The van der Waals surface area contributed by atoms with Crippen LogP contribution >= 0.6 is 11.6 Å². The van der Waals surface area contributed by atoms with E-state index < -0.39 is 10.0 Å². The number of sulfonamides is 1. The van der Waals surface area contributed by atoms with E-state index in [0.29, 0.717) is 48.6 Å². The minimum atomic E-state index is -3.50. The molecule has 2 fully saturated rings. The number of hydrogen-bond acceptors (Lipinski definition) is 7. The molecule has 1 N–H and O–H groups in total. The SMILES string of the molecule is O=C(Nc1ccc(S(=O)(=O)N2CCCCC2)cc1)C1CCCN(Cc2nc(-c3cccc(Cl)c3)no2)C1. The van der Waals surface area contributed by atoms with E-state index in [4.69, 9.17) is 16.1 Å². The molecule has 2 saturated heterocycles. The molecule has 0 radical (unpaired) electrons. The highest BCUT2D eigenvalue weighted by atomic mass is 35.5. The zero-order valence-corrected chi connectivity index (χ0v) is 22.0. The summed E-state index contributed by atoms with van der Waals surface area (Å²) in [5.41, 5.74) is 1.37. The number of likely N-dealkylation sites (tertiary alicyclic amines) is 1. The highest BCUT2D eigenvalue weighted by Crippen LogP contribution is 2.25. The van der Waals surface area contributed by atoms with Gasteiger partial charge in [-0.15, -0.1) is 0 Å². The van der Waals surface area contributed by atoms with Gasteiger partial charge in [-0.3, -0.25) is 9.69 Å². The predicted molar refractivity (Wildman–Crippen MR) is 140 cm³/mol. The maximum atomic E-state index is 13.0. The van der Waals surface area contributed by atoms with Gasteiger partial charge in [0.1, 0.15) is 0 Å². The third kappa shape index (κ3) is 6.20. The van der Waals surface area contributed by atoms with Crippen molar-refractivity contribution in [1.29, 1.82) is 0 Å². The molecular formula is C26H30ClN5O4S. The molecule has 11 heteroatoms. The van der Waals surface area contributed by atoms with Gasteiger partial charge in [-0.25, -0.2) is 8.42 Å². The average molecular weight is 544 g/mol. The van der Waals surface area contributed by atoms with E-state index in [1.165, 1.54) is 0 Å². The van der Waals surface area contributed by atoms with Gasteiger partial charge in [-0.05, 0) is 68.6 Å². The van der Waals surface area contributed by atoms with Gasteiger partial charge in [-0.2, -0.15) is 9.29 Å². The number of nitrogens with zero attached hydrogens (tertiary/aromatic N) is 4. The van der Waals surface area contributed by atoms with Crippen molar-refractivity contribution in [2.45, 2.75) is 43.5 Å². The topological polar surface area (TPSA) is 109 Å². The van der Waals surface area contributed by atoms with E-state index in [2.05, 4.69) is 20.4 Å². The third-order valence-corrected chi connectivity index (χ3v) is 9.01. The smallest absolute Gasteiger partial charge is 0.243 e. The van der Waals surface area contributed by atoms with Gasteiger partial charge in [0, 0.05) is 35.9 Å². The van der Waals surface area contributed by atoms with Crippen LogP contribution in [0, 0.1) is 5.92 Å². The fourth-order valence-corrected chi connectivity index (χ4v) is 6.58. The van der Waals surface area contributed by atoms with Crippen LogP contribution in [0.5, 0.6) is 0 Å². The molecule has 196 valence electrons. The Morgan fingerprint density at radius 3 is 2.59 bits per heavy atom. The molecule has 1 aromatic heterocycles. The van der Waals surface area contributed by atoms with Crippen LogP contribution in [0.1, 0.15) is 38.0 Å². The summed E-state index contributed by atoms with van der Waals surface area (Å²) >= 11 is 6.06. The first-order valence-corrected chi connectivity index (χ1v) is 14.4. The quantitative estimate of drug-likeness (QED) is 0.470. The number of carbonyl (C=O) groups is 1. The Hall–Kier alpha value is -2.79. The summed E-state index contributed by atoms with van der Waals surface area (Å²) in [7, 11) is -3.50. The molecule has 2 aromatic carbocycles. The molecular weight excluding hydrogens is 514 g/mol. The van der Waals surface area contributed by atoms with Gasteiger partial charge in [0.15, 0.2) is 0 Å². The van der Waals surface area contributed by atoms with Crippen LogP contribution < -0.4 is 5.32 Å². The van der Waals surface area contributed by atoms with E-state index >= 15 is 0 Å². The summed E-state index contributed by atoms with van der Waals surface area (Å²) in [6.07, 6.45) is 4.50. The number of anilines is 1. The second kappa shape index (κ2) is 11.3. The summed E-state index contributed by atoms with van der Waals surface area (Å²) in [4.78, 5) is 19.9. The van der Waals surface area contributed by atoms with E-state index in [9.17, 15) is 13.2 Å². The van der Waals surface area contributed by atoms with Crippen LogP contribution in [-0.4, -0.2) is 59.8 Å². The van der Waals surface area contributed by atoms with Crippen LogP contribution in [0.3, 0.4) is 0 Å². The summed E-state index contributed by atoms with van der Waals surface area (Å²) < 4.78 is 32.7. The lowest BCUT2D eigenvalue weighted by Crippen LogP contribution is -2.40. The van der Waals surface area contributed by atoms with Crippen LogP contribution in [0.4, 0.5) is 5.69 Å². The predicted octanol–water partition coefficient (Wildman–Crippen LogP) is 4.42. The minimum Gasteiger partial charge on any atom is -0.338 e. The summed E-state index contributed by atoms with van der Waals surface area (Å²) in [5, 5.41) is 7.61. The molecule has 37 heavy (non-hydrogen) atoms. The van der Waals surface area contributed by atoms with E-state index in [-0.39, 0.29) is 16.7 Å². The number of hydrogen-bond donors (Lipinski definition) is 1. The van der Waals surface area contributed by atoms with Gasteiger partial charge in [-0.1, -0.05) is 35.3 Å². The first kappa shape index (κ1) is 25.8. The Bertz CT molecular complexity index is 1340. The Morgan fingerprint density at radius 1 is 1.05 bits per heavy atom.